The molecule has 2 heterocycles. The van der Waals surface area contributed by atoms with E-state index in [1.54, 1.807) is 0 Å². The molecule has 3 aromatic rings. The molecule has 0 spiro atoms. The number of benzene rings is 1. The topological polar surface area (TPSA) is 78.6 Å². The summed E-state index contributed by atoms with van der Waals surface area (Å²) in [7, 11) is 0. The zero-order valence-electron chi connectivity index (χ0n) is 10.1. The number of rotatable bonds is 3. The molecule has 0 saturated heterocycles. The largest absolute Gasteiger partial charge is 0.424 e. The second-order valence-electron chi connectivity index (χ2n) is 3.71. The van der Waals surface area contributed by atoms with Crippen molar-refractivity contribution in [2.24, 2.45) is 0 Å². The van der Waals surface area contributed by atoms with Gasteiger partial charge in [-0.2, -0.15) is 24.7 Å². The molecule has 10 heteroatoms. The highest BCUT2D eigenvalue weighted by Gasteiger charge is 2.10. The molecule has 21 heavy (non-hydrogen) atoms. The molecule has 106 valence electrons. The van der Waals surface area contributed by atoms with E-state index in [-0.39, 0.29) is 28.0 Å². The maximum atomic E-state index is 13.1. The summed E-state index contributed by atoms with van der Waals surface area (Å²) >= 11 is 11.5. The lowest BCUT2D eigenvalue weighted by atomic mass is 10.3. The Morgan fingerprint density at radius 3 is 2.71 bits per heavy atom. The van der Waals surface area contributed by atoms with Gasteiger partial charge in [0.05, 0.1) is 5.02 Å². The average molecular weight is 327 g/mol. The lowest BCUT2D eigenvalue weighted by Gasteiger charge is -2.06. The van der Waals surface area contributed by atoms with Gasteiger partial charge < -0.3 is 4.74 Å². The average Bonchev–Trinajstić information content (AvgIpc) is 2.96. The summed E-state index contributed by atoms with van der Waals surface area (Å²) in [5.74, 6) is -0.162. The van der Waals surface area contributed by atoms with Gasteiger partial charge in [0.25, 0.3) is 5.95 Å². The zero-order valence-corrected chi connectivity index (χ0v) is 11.6. The van der Waals surface area contributed by atoms with Crippen LogP contribution in [0, 0.1) is 5.82 Å². The molecule has 0 amide bonds. The quantitative estimate of drug-likeness (QED) is 0.736. The second kappa shape index (κ2) is 5.58. The number of hydrogen-bond donors (Lipinski definition) is 0. The van der Waals surface area contributed by atoms with E-state index < -0.39 is 5.82 Å². The molecule has 0 aliphatic carbocycles. The summed E-state index contributed by atoms with van der Waals surface area (Å²) < 4.78 is 19.7. The predicted octanol–water partition coefficient (Wildman–Crippen LogP) is 2.69. The molecule has 2 aromatic heterocycles. The van der Waals surface area contributed by atoms with Crippen LogP contribution in [0.5, 0.6) is 11.8 Å². The maximum Gasteiger partial charge on any atom is 0.328 e. The minimum absolute atomic E-state index is 0.0795. The van der Waals surface area contributed by atoms with E-state index in [0.717, 1.165) is 0 Å². The lowest BCUT2D eigenvalue weighted by molar-refractivity contribution is 0.436. The van der Waals surface area contributed by atoms with Crippen molar-refractivity contribution in [3.63, 3.8) is 0 Å². The number of ether oxygens (including phenoxy) is 1. The zero-order chi connectivity index (χ0) is 14.8. The molecule has 1 aromatic carbocycles. The van der Waals surface area contributed by atoms with Gasteiger partial charge in [-0.05, 0) is 23.7 Å². The fourth-order valence-corrected chi connectivity index (χ4v) is 1.75. The van der Waals surface area contributed by atoms with Crippen LogP contribution in [0.1, 0.15) is 0 Å². The highest BCUT2D eigenvalue weighted by atomic mass is 35.5. The summed E-state index contributed by atoms with van der Waals surface area (Å²) in [6.45, 7) is 0. The van der Waals surface area contributed by atoms with Gasteiger partial charge in [0.15, 0.2) is 0 Å². The van der Waals surface area contributed by atoms with E-state index in [2.05, 4.69) is 25.0 Å². The van der Waals surface area contributed by atoms with Gasteiger partial charge in [0, 0.05) is 6.07 Å². The number of nitrogens with zero attached hydrogens (tertiary/aromatic N) is 6. The summed E-state index contributed by atoms with van der Waals surface area (Å²) in [5.41, 5.74) is 0. The Bertz CT molecular complexity index is 782. The van der Waals surface area contributed by atoms with Gasteiger partial charge in [-0.3, -0.25) is 0 Å². The second-order valence-corrected chi connectivity index (χ2v) is 4.45. The molecule has 0 N–H and O–H groups in total. The van der Waals surface area contributed by atoms with Gasteiger partial charge in [-0.1, -0.05) is 11.6 Å². The van der Waals surface area contributed by atoms with Crippen molar-refractivity contribution in [2.45, 2.75) is 0 Å². The van der Waals surface area contributed by atoms with Crippen LogP contribution < -0.4 is 4.74 Å². The Morgan fingerprint density at radius 2 is 2.00 bits per heavy atom. The Kier molecular flexibility index (Phi) is 3.63. The Balaban J connectivity index is 1.93. The van der Waals surface area contributed by atoms with Gasteiger partial charge in [0.2, 0.25) is 5.28 Å². The molecular formula is C11H5Cl2FN6O. The third-order valence-electron chi connectivity index (χ3n) is 2.30. The fraction of sp³-hybridized carbons (Fsp3) is 0. The van der Waals surface area contributed by atoms with Crippen molar-refractivity contribution in [3.8, 4) is 17.7 Å². The Labute approximate surface area is 127 Å². The van der Waals surface area contributed by atoms with Crippen LogP contribution in [0.3, 0.4) is 0 Å². The van der Waals surface area contributed by atoms with E-state index in [1.165, 1.54) is 35.5 Å². The highest BCUT2D eigenvalue weighted by Crippen LogP contribution is 2.24. The van der Waals surface area contributed by atoms with E-state index in [0.29, 0.717) is 0 Å². The molecule has 7 nitrogen and oxygen atoms in total. The summed E-state index contributed by atoms with van der Waals surface area (Å²) in [6.07, 6.45) is 2.71. The minimum atomic E-state index is -0.555. The molecule has 0 aliphatic heterocycles. The van der Waals surface area contributed by atoms with Crippen molar-refractivity contribution >= 4 is 23.2 Å². The smallest absolute Gasteiger partial charge is 0.328 e. The normalized spacial score (nSPS) is 10.6. The van der Waals surface area contributed by atoms with Gasteiger partial charge >= 0.3 is 6.01 Å². The van der Waals surface area contributed by atoms with Crippen molar-refractivity contribution in [2.75, 3.05) is 0 Å². The van der Waals surface area contributed by atoms with E-state index in [1.807, 2.05) is 0 Å². The summed E-state index contributed by atoms with van der Waals surface area (Å²) in [6, 6.07) is 3.76. The van der Waals surface area contributed by atoms with Crippen LogP contribution in [-0.2, 0) is 0 Å². The number of halogens is 3. The van der Waals surface area contributed by atoms with Crippen LogP contribution in [0.25, 0.3) is 5.95 Å². The predicted molar refractivity (Wildman–Crippen MR) is 71.2 cm³/mol. The van der Waals surface area contributed by atoms with Gasteiger partial charge in [-0.25, -0.2) is 9.37 Å². The van der Waals surface area contributed by atoms with Crippen LogP contribution in [0.15, 0.2) is 30.9 Å². The molecule has 0 saturated carbocycles. The first-order valence-corrected chi connectivity index (χ1v) is 6.27. The first-order chi connectivity index (χ1) is 10.1. The standard InChI is InChI=1S/C11H5Cl2FN6O/c12-7-3-6(1-2-8(7)14)21-11-18-9(13)17-10(19-11)20-5-15-4-16-20/h1-5H. The van der Waals surface area contributed by atoms with Crippen molar-refractivity contribution in [1.82, 2.24) is 29.7 Å². The molecule has 0 atom stereocenters. The van der Waals surface area contributed by atoms with Crippen LogP contribution >= 0.6 is 23.2 Å². The Hall–Kier alpha value is -2.32. The molecule has 0 bridgehead atoms. The third-order valence-corrected chi connectivity index (χ3v) is 2.76. The fourth-order valence-electron chi connectivity index (χ4n) is 1.43. The van der Waals surface area contributed by atoms with E-state index >= 15 is 0 Å². The molecule has 0 radical (unpaired) electrons. The van der Waals surface area contributed by atoms with Crippen LogP contribution in [-0.4, -0.2) is 29.7 Å². The Morgan fingerprint density at radius 1 is 1.14 bits per heavy atom. The third kappa shape index (κ3) is 3.06. The molecular weight excluding hydrogens is 322 g/mol. The first kappa shape index (κ1) is 13.7. The van der Waals surface area contributed by atoms with Crippen molar-refractivity contribution in [3.05, 3.63) is 47.0 Å². The number of aromatic nitrogens is 6. The highest BCUT2D eigenvalue weighted by molar-refractivity contribution is 6.30. The monoisotopic (exact) mass is 326 g/mol. The van der Waals surface area contributed by atoms with E-state index in [9.17, 15) is 4.39 Å². The molecule has 0 unspecified atom stereocenters. The maximum absolute atomic E-state index is 13.1. The first-order valence-electron chi connectivity index (χ1n) is 5.51. The minimum Gasteiger partial charge on any atom is -0.424 e. The van der Waals surface area contributed by atoms with Crippen LogP contribution in [0.4, 0.5) is 4.39 Å². The van der Waals surface area contributed by atoms with Crippen molar-refractivity contribution in [1.29, 1.82) is 0 Å². The lowest BCUT2D eigenvalue weighted by Crippen LogP contribution is -2.05. The molecule has 0 fully saturated rings. The molecule has 0 aliphatic rings. The number of hydrogen-bond acceptors (Lipinski definition) is 6. The van der Waals surface area contributed by atoms with Gasteiger partial charge in [-0.15, -0.1) is 0 Å². The van der Waals surface area contributed by atoms with Gasteiger partial charge in [0.1, 0.15) is 24.2 Å². The van der Waals surface area contributed by atoms with E-state index in [4.69, 9.17) is 27.9 Å². The van der Waals surface area contributed by atoms with Crippen molar-refractivity contribution < 1.29 is 9.13 Å². The van der Waals surface area contributed by atoms with Crippen LogP contribution in [0.2, 0.25) is 10.3 Å². The molecule has 3 rings (SSSR count). The summed E-state index contributed by atoms with van der Waals surface area (Å²) in [4.78, 5) is 15.5. The summed E-state index contributed by atoms with van der Waals surface area (Å²) in [5, 5.41) is 3.71. The SMILES string of the molecule is Fc1ccc(Oc2nc(Cl)nc(-n3cncn3)n2)cc1Cl.